The number of hydrogen-bond donors (Lipinski definition) is 1. The van der Waals surface area contributed by atoms with Gasteiger partial charge in [0.1, 0.15) is 6.54 Å². The van der Waals surface area contributed by atoms with Gasteiger partial charge in [0, 0.05) is 12.7 Å². The number of hydrogen-bond acceptors (Lipinski definition) is 9. The first kappa shape index (κ1) is 19.5. The highest BCUT2D eigenvalue weighted by molar-refractivity contribution is 6.44. The lowest BCUT2D eigenvalue weighted by molar-refractivity contribution is -0.143. The number of nitrogens with zero attached hydrogens (tertiary/aromatic N) is 5. The fourth-order valence-corrected chi connectivity index (χ4v) is 2.95. The van der Waals surface area contributed by atoms with Crippen LogP contribution in [0.25, 0.3) is 0 Å². The van der Waals surface area contributed by atoms with Crippen molar-refractivity contribution in [2.75, 3.05) is 19.0 Å². The van der Waals surface area contributed by atoms with Gasteiger partial charge in [-0.05, 0) is 24.8 Å². The van der Waals surface area contributed by atoms with Gasteiger partial charge in [0.15, 0.2) is 11.6 Å². The summed E-state index contributed by atoms with van der Waals surface area (Å²) in [7, 11) is 1.45. The highest BCUT2D eigenvalue weighted by Gasteiger charge is 2.46. The molecule has 156 valence electrons. The van der Waals surface area contributed by atoms with Crippen LogP contribution in [-0.2, 0) is 27.3 Å². The molecule has 0 spiro atoms. The average Bonchev–Trinajstić information content (AvgIpc) is 3.42. The van der Waals surface area contributed by atoms with Crippen LogP contribution < -0.4 is 10.1 Å². The number of imide groups is 2. The number of amides is 5. The van der Waals surface area contributed by atoms with Crippen LogP contribution in [0.15, 0.2) is 23.0 Å². The molecule has 12 nitrogen and oxygen atoms in total. The van der Waals surface area contributed by atoms with Crippen molar-refractivity contribution >= 4 is 29.4 Å². The molecule has 1 N–H and O–H groups in total. The van der Waals surface area contributed by atoms with Crippen molar-refractivity contribution in [2.24, 2.45) is 5.92 Å². The van der Waals surface area contributed by atoms with Gasteiger partial charge in [0.2, 0.25) is 11.8 Å². The van der Waals surface area contributed by atoms with Gasteiger partial charge in [-0.2, -0.15) is 4.98 Å². The zero-order valence-electron chi connectivity index (χ0n) is 16.0. The number of anilines is 1. The largest absolute Gasteiger partial charge is 0.493 e. The van der Waals surface area contributed by atoms with Crippen LogP contribution in [0.4, 0.5) is 10.5 Å². The minimum Gasteiger partial charge on any atom is -0.493 e. The fraction of sp³-hybridized carbons (Fsp3) is 0.389. The molecule has 1 aliphatic heterocycles. The summed E-state index contributed by atoms with van der Waals surface area (Å²) in [4.78, 5) is 58.4. The maximum Gasteiger partial charge on any atom is 0.334 e. The van der Waals surface area contributed by atoms with E-state index in [0.717, 1.165) is 22.6 Å². The zero-order valence-corrected chi connectivity index (χ0v) is 16.0. The Hall–Kier alpha value is -3.83. The van der Waals surface area contributed by atoms with Crippen LogP contribution in [0.5, 0.6) is 5.75 Å². The van der Waals surface area contributed by atoms with Crippen molar-refractivity contribution in [2.45, 2.75) is 25.8 Å². The van der Waals surface area contributed by atoms with Gasteiger partial charge in [-0.25, -0.2) is 9.69 Å². The lowest BCUT2D eigenvalue weighted by Gasteiger charge is -2.13. The van der Waals surface area contributed by atoms with Crippen molar-refractivity contribution in [1.29, 1.82) is 0 Å². The Morgan fingerprint density at radius 3 is 2.77 bits per heavy atom. The summed E-state index contributed by atoms with van der Waals surface area (Å²) in [5.74, 6) is -1.53. The van der Waals surface area contributed by atoms with Gasteiger partial charge in [0.05, 0.1) is 25.4 Å². The SMILES string of the molecule is COc1cnccc1NC(=O)Cc1noc(CN2C(=O)C(=O)N(CC3CC3)C2=O)n1. The van der Waals surface area contributed by atoms with Crippen molar-refractivity contribution in [1.82, 2.24) is 24.9 Å². The van der Waals surface area contributed by atoms with E-state index in [0.29, 0.717) is 11.4 Å². The van der Waals surface area contributed by atoms with Crippen LogP contribution in [0.1, 0.15) is 24.6 Å². The molecule has 4 rings (SSSR count). The maximum absolute atomic E-state index is 12.4. The van der Waals surface area contributed by atoms with Crippen molar-refractivity contribution in [3.8, 4) is 5.75 Å². The molecule has 3 heterocycles. The van der Waals surface area contributed by atoms with Crippen molar-refractivity contribution in [3.05, 3.63) is 30.2 Å². The Labute approximate surface area is 170 Å². The number of pyridine rings is 1. The molecule has 2 aromatic heterocycles. The summed E-state index contributed by atoms with van der Waals surface area (Å²) in [6, 6.07) is 0.882. The summed E-state index contributed by atoms with van der Waals surface area (Å²) in [5, 5.41) is 6.34. The summed E-state index contributed by atoms with van der Waals surface area (Å²) in [6.07, 6.45) is 4.63. The van der Waals surface area contributed by atoms with Gasteiger partial charge in [-0.3, -0.25) is 24.3 Å². The number of aromatic nitrogens is 3. The predicted octanol–water partition coefficient (Wildman–Crippen LogP) is 0.355. The highest BCUT2D eigenvalue weighted by atomic mass is 16.5. The maximum atomic E-state index is 12.4. The second kappa shape index (κ2) is 7.89. The van der Waals surface area contributed by atoms with Crippen molar-refractivity contribution < 1.29 is 28.4 Å². The summed E-state index contributed by atoms with van der Waals surface area (Å²) in [6.45, 7) is -0.0923. The molecule has 0 unspecified atom stereocenters. The van der Waals surface area contributed by atoms with Gasteiger partial charge in [-0.15, -0.1) is 0 Å². The molecular formula is C18H18N6O6. The number of carbonyl (C=O) groups is 4. The molecule has 2 aromatic rings. The van der Waals surface area contributed by atoms with Crippen LogP contribution in [0, 0.1) is 5.92 Å². The molecule has 1 saturated heterocycles. The van der Waals surface area contributed by atoms with E-state index in [1.54, 1.807) is 6.07 Å². The second-order valence-electron chi connectivity index (χ2n) is 6.94. The first-order valence-corrected chi connectivity index (χ1v) is 9.23. The van der Waals surface area contributed by atoms with E-state index >= 15 is 0 Å². The molecule has 0 bridgehead atoms. The second-order valence-corrected chi connectivity index (χ2v) is 6.94. The summed E-state index contributed by atoms with van der Waals surface area (Å²) < 4.78 is 10.1. The number of methoxy groups -OCH3 is 1. The lowest BCUT2D eigenvalue weighted by atomic mass is 10.3. The van der Waals surface area contributed by atoms with Gasteiger partial charge < -0.3 is 14.6 Å². The molecule has 30 heavy (non-hydrogen) atoms. The third kappa shape index (κ3) is 3.97. The molecular weight excluding hydrogens is 396 g/mol. The van der Waals surface area contributed by atoms with E-state index in [1.165, 1.54) is 19.5 Å². The highest BCUT2D eigenvalue weighted by Crippen LogP contribution is 2.31. The quantitative estimate of drug-likeness (QED) is 0.477. The first-order valence-electron chi connectivity index (χ1n) is 9.23. The van der Waals surface area contributed by atoms with E-state index in [9.17, 15) is 19.2 Å². The van der Waals surface area contributed by atoms with Crippen LogP contribution in [-0.4, -0.2) is 62.3 Å². The monoisotopic (exact) mass is 414 g/mol. The standard InChI is InChI=1S/C18H18N6O6/c1-29-12-7-19-5-4-11(12)20-14(25)6-13-21-15(30-22-13)9-24-17(27)16(26)23(18(24)28)8-10-2-3-10/h4-5,7,10H,2-3,6,8-9H2,1H3,(H,19,20,25). The fourth-order valence-electron chi connectivity index (χ4n) is 2.95. The Bertz CT molecular complexity index is 1020. The molecule has 1 aliphatic carbocycles. The number of urea groups is 1. The topological polar surface area (TPSA) is 148 Å². The van der Waals surface area contributed by atoms with E-state index < -0.39 is 23.8 Å². The zero-order chi connectivity index (χ0) is 21.3. The van der Waals surface area contributed by atoms with Crippen LogP contribution in [0.2, 0.25) is 0 Å². The number of ether oxygens (including phenoxy) is 1. The first-order chi connectivity index (χ1) is 14.5. The van der Waals surface area contributed by atoms with Crippen molar-refractivity contribution in [3.63, 3.8) is 0 Å². The Kier molecular flexibility index (Phi) is 5.12. The minimum atomic E-state index is -0.928. The minimum absolute atomic E-state index is 0.0536. The molecule has 0 radical (unpaired) electrons. The molecule has 0 aromatic carbocycles. The van der Waals surface area contributed by atoms with E-state index in [4.69, 9.17) is 9.26 Å². The normalized spacial score (nSPS) is 16.4. The van der Waals surface area contributed by atoms with Gasteiger partial charge >= 0.3 is 17.8 Å². The third-order valence-corrected chi connectivity index (χ3v) is 4.67. The number of carbonyl (C=O) groups excluding carboxylic acids is 4. The van der Waals surface area contributed by atoms with E-state index in [1.807, 2.05) is 0 Å². The predicted molar refractivity (Wildman–Crippen MR) is 97.8 cm³/mol. The smallest absolute Gasteiger partial charge is 0.334 e. The van der Waals surface area contributed by atoms with Crippen LogP contribution in [0.3, 0.4) is 0 Å². The number of rotatable bonds is 8. The molecule has 2 aliphatic rings. The molecule has 0 atom stereocenters. The molecule has 1 saturated carbocycles. The van der Waals surface area contributed by atoms with E-state index in [-0.39, 0.29) is 37.1 Å². The summed E-state index contributed by atoms with van der Waals surface area (Å²) in [5.41, 5.74) is 0.434. The van der Waals surface area contributed by atoms with E-state index in [2.05, 4.69) is 20.4 Å². The molecule has 12 heteroatoms. The molecule has 2 fully saturated rings. The average molecular weight is 414 g/mol. The Morgan fingerprint density at radius 1 is 1.27 bits per heavy atom. The third-order valence-electron chi connectivity index (χ3n) is 4.67. The Morgan fingerprint density at radius 2 is 2.03 bits per heavy atom. The van der Waals surface area contributed by atoms with Gasteiger partial charge in [-0.1, -0.05) is 5.16 Å². The number of nitrogens with one attached hydrogen (secondary N) is 1. The Balaban J connectivity index is 1.37. The van der Waals surface area contributed by atoms with Crippen LogP contribution >= 0.6 is 0 Å². The van der Waals surface area contributed by atoms with Gasteiger partial charge in [0.25, 0.3) is 0 Å². The lowest BCUT2D eigenvalue weighted by Crippen LogP contribution is -2.34. The molecule has 5 amide bonds. The summed E-state index contributed by atoms with van der Waals surface area (Å²) >= 11 is 0.